The second-order valence-electron chi connectivity index (χ2n) is 5.29. The highest BCUT2D eigenvalue weighted by atomic mass is 32.1. The predicted octanol–water partition coefficient (Wildman–Crippen LogP) is 3.55. The summed E-state index contributed by atoms with van der Waals surface area (Å²) in [5, 5.41) is 7.94. The smallest absolute Gasteiger partial charge is 0.191 e. The second kappa shape index (κ2) is 9.03. The van der Waals surface area contributed by atoms with E-state index in [4.69, 9.17) is 0 Å². The van der Waals surface area contributed by atoms with E-state index in [1.807, 2.05) is 18.4 Å². The Morgan fingerprint density at radius 1 is 1.13 bits per heavy atom. The van der Waals surface area contributed by atoms with Crippen molar-refractivity contribution in [3.8, 4) is 0 Å². The fourth-order valence-corrected chi connectivity index (χ4v) is 4.23. The number of hydrogen-bond donors (Lipinski definition) is 2. The van der Waals surface area contributed by atoms with Gasteiger partial charge in [0.15, 0.2) is 5.96 Å². The Kier molecular flexibility index (Phi) is 7.05. The van der Waals surface area contributed by atoms with Crippen molar-refractivity contribution in [3.05, 3.63) is 37.5 Å². The molecule has 126 valence electrons. The number of aromatic nitrogens is 1. The Morgan fingerprint density at radius 3 is 2.52 bits per heavy atom. The molecule has 0 saturated heterocycles. The maximum Gasteiger partial charge on any atom is 0.191 e. The average Bonchev–Trinajstić information content (AvgIpc) is 3.16. The highest BCUT2D eigenvalue weighted by Crippen LogP contribution is 2.18. The van der Waals surface area contributed by atoms with Crippen molar-refractivity contribution in [2.24, 2.45) is 4.99 Å². The van der Waals surface area contributed by atoms with Gasteiger partial charge in [0, 0.05) is 34.6 Å². The summed E-state index contributed by atoms with van der Waals surface area (Å²) in [6, 6.07) is 4.39. The molecular weight excluding hydrogens is 324 g/mol. The van der Waals surface area contributed by atoms with Crippen LogP contribution in [0.4, 0.5) is 0 Å². The first-order valence-corrected chi connectivity index (χ1v) is 9.76. The van der Waals surface area contributed by atoms with Gasteiger partial charge in [-0.1, -0.05) is 13.8 Å². The Bertz CT molecular complexity index is 643. The van der Waals surface area contributed by atoms with E-state index in [2.05, 4.69) is 53.5 Å². The van der Waals surface area contributed by atoms with Gasteiger partial charge < -0.3 is 10.6 Å². The maximum atomic E-state index is 4.68. The molecule has 4 nitrogen and oxygen atoms in total. The van der Waals surface area contributed by atoms with Crippen LogP contribution in [0.3, 0.4) is 0 Å². The van der Waals surface area contributed by atoms with Gasteiger partial charge in [-0.3, -0.25) is 4.99 Å². The summed E-state index contributed by atoms with van der Waals surface area (Å²) in [5.74, 6) is 0.848. The number of hydrogen-bond acceptors (Lipinski definition) is 4. The minimum absolute atomic E-state index is 0.820. The predicted molar refractivity (Wildman–Crippen MR) is 102 cm³/mol. The zero-order valence-corrected chi connectivity index (χ0v) is 16.0. The van der Waals surface area contributed by atoms with E-state index in [0.717, 1.165) is 38.3 Å². The quantitative estimate of drug-likeness (QED) is 0.593. The van der Waals surface area contributed by atoms with Crippen LogP contribution in [0, 0.1) is 6.92 Å². The van der Waals surface area contributed by atoms with Crippen LogP contribution in [0.25, 0.3) is 0 Å². The van der Waals surface area contributed by atoms with Crippen molar-refractivity contribution >= 4 is 28.6 Å². The van der Waals surface area contributed by atoms with Gasteiger partial charge >= 0.3 is 0 Å². The summed E-state index contributed by atoms with van der Waals surface area (Å²) < 4.78 is 0. The van der Waals surface area contributed by atoms with E-state index in [9.17, 15) is 0 Å². The van der Waals surface area contributed by atoms with Crippen LogP contribution in [-0.2, 0) is 25.8 Å². The molecular formula is C17H26N4S2. The van der Waals surface area contributed by atoms with Crippen LogP contribution in [0.2, 0.25) is 0 Å². The summed E-state index contributed by atoms with van der Waals surface area (Å²) in [4.78, 5) is 13.1. The normalized spacial score (nSPS) is 11.7. The monoisotopic (exact) mass is 350 g/mol. The molecule has 0 bridgehead atoms. The molecule has 6 heteroatoms. The summed E-state index contributed by atoms with van der Waals surface area (Å²) in [7, 11) is 1.81. The number of thiophene rings is 1. The minimum Gasteiger partial charge on any atom is -0.356 e. The lowest BCUT2D eigenvalue weighted by Gasteiger charge is -2.10. The summed E-state index contributed by atoms with van der Waals surface area (Å²) >= 11 is 3.66. The van der Waals surface area contributed by atoms with Gasteiger partial charge in [0.1, 0.15) is 0 Å². The zero-order valence-electron chi connectivity index (χ0n) is 14.4. The van der Waals surface area contributed by atoms with Crippen LogP contribution in [0.1, 0.15) is 39.2 Å². The van der Waals surface area contributed by atoms with E-state index >= 15 is 0 Å². The molecule has 23 heavy (non-hydrogen) atoms. The fourth-order valence-electron chi connectivity index (χ4n) is 2.31. The van der Waals surface area contributed by atoms with E-state index in [-0.39, 0.29) is 0 Å². The summed E-state index contributed by atoms with van der Waals surface area (Å²) in [6.45, 7) is 8.17. The van der Waals surface area contributed by atoms with Crippen molar-refractivity contribution in [1.82, 2.24) is 15.6 Å². The average molecular weight is 351 g/mol. The van der Waals surface area contributed by atoms with Crippen LogP contribution in [0.5, 0.6) is 0 Å². The van der Waals surface area contributed by atoms with Gasteiger partial charge in [-0.25, -0.2) is 4.98 Å². The number of aryl methyl sites for hydroxylation is 3. The van der Waals surface area contributed by atoms with E-state index in [1.165, 1.54) is 25.3 Å². The van der Waals surface area contributed by atoms with Crippen LogP contribution in [0.15, 0.2) is 17.1 Å². The molecule has 2 aromatic heterocycles. The van der Waals surface area contributed by atoms with Crippen molar-refractivity contribution in [1.29, 1.82) is 0 Å². The summed E-state index contributed by atoms with van der Waals surface area (Å²) in [6.07, 6.45) is 3.05. The third-order valence-electron chi connectivity index (χ3n) is 3.62. The number of nitrogens with zero attached hydrogens (tertiary/aromatic N) is 2. The highest BCUT2D eigenvalue weighted by molar-refractivity contribution is 7.12. The molecule has 2 aromatic rings. The van der Waals surface area contributed by atoms with E-state index < -0.39 is 0 Å². The number of thiazole rings is 1. The van der Waals surface area contributed by atoms with Crippen molar-refractivity contribution < 1.29 is 0 Å². The Morgan fingerprint density at radius 2 is 1.91 bits per heavy atom. The van der Waals surface area contributed by atoms with Crippen molar-refractivity contribution in [2.45, 2.75) is 46.6 Å². The first-order valence-electron chi connectivity index (χ1n) is 8.13. The zero-order chi connectivity index (χ0) is 16.7. The molecule has 0 aromatic carbocycles. The molecule has 0 unspecified atom stereocenters. The Balaban J connectivity index is 1.76. The van der Waals surface area contributed by atoms with Crippen molar-refractivity contribution in [3.63, 3.8) is 0 Å². The maximum absolute atomic E-state index is 4.68. The first kappa shape index (κ1) is 17.9. The number of guanidine groups is 1. The Hall–Kier alpha value is -1.40. The third kappa shape index (κ3) is 5.32. The lowest BCUT2D eigenvalue weighted by Crippen LogP contribution is -2.37. The van der Waals surface area contributed by atoms with E-state index in [1.54, 1.807) is 11.3 Å². The molecule has 2 heterocycles. The minimum atomic E-state index is 0.820. The number of nitrogens with one attached hydrogen (secondary N) is 2. The molecule has 0 aliphatic heterocycles. The van der Waals surface area contributed by atoms with Crippen molar-refractivity contribution in [2.75, 3.05) is 13.6 Å². The van der Waals surface area contributed by atoms with Gasteiger partial charge in [-0.15, -0.1) is 22.7 Å². The molecule has 0 spiro atoms. The molecule has 0 amide bonds. The third-order valence-corrected chi connectivity index (χ3v) is 5.93. The van der Waals surface area contributed by atoms with Crippen LogP contribution in [-0.4, -0.2) is 24.5 Å². The molecule has 0 aliphatic rings. The van der Waals surface area contributed by atoms with Gasteiger partial charge in [-0.2, -0.15) is 0 Å². The Labute approximate surface area is 147 Å². The second-order valence-corrected chi connectivity index (χ2v) is 7.83. The van der Waals surface area contributed by atoms with E-state index in [0.29, 0.717) is 0 Å². The molecule has 0 radical (unpaired) electrons. The fraction of sp³-hybridized carbons (Fsp3) is 0.529. The standard InChI is InChI=1S/C17H26N4S2/c1-5-13-7-8-14(23-13)11-20-17(18-4)19-10-9-16-21-15(6-2)12(3)22-16/h7-8H,5-6,9-11H2,1-4H3,(H2,18,19,20). The SMILES string of the molecule is CCc1ccc(CNC(=NC)NCCc2nc(CC)c(C)s2)s1. The van der Waals surface area contributed by atoms with Crippen LogP contribution >= 0.6 is 22.7 Å². The number of aliphatic imine (C=N–C) groups is 1. The molecule has 0 atom stereocenters. The van der Waals surface area contributed by atoms with Gasteiger partial charge in [0.05, 0.1) is 17.2 Å². The lowest BCUT2D eigenvalue weighted by atomic mass is 10.3. The molecule has 0 aliphatic carbocycles. The largest absolute Gasteiger partial charge is 0.356 e. The van der Waals surface area contributed by atoms with Gasteiger partial charge in [0.25, 0.3) is 0 Å². The molecule has 0 saturated carbocycles. The number of rotatable bonds is 7. The van der Waals surface area contributed by atoms with Gasteiger partial charge in [0.2, 0.25) is 0 Å². The molecule has 2 N–H and O–H groups in total. The molecule has 2 rings (SSSR count). The van der Waals surface area contributed by atoms with Gasteiger partial charge in [-0.05, 0) is 31.9 Å². The highest BCUT2D eigenvalue weighted by Gasteiger charge is 2.06. The summed E-state index contributed by atoms with van der Waals surface area (Å²) in [5.41, 5.74) is 1.23. The first-order chi connectivity index (χ1) is 11.2. The van der Waals surface area contributed by atoms with Crippen LogP contribution < -0.4 is 10.6 Å². The topological polar surface area (TPSA) is 49.3 Å². The lowest BCUT2D eigenvalue weighted by molar-refractivity contribution is 0.794. The molecule has 0 fully saturated rings.